The largest absolute Gasteiger partial charge is 0.504 e. The number of halogens is 1. The van der Waals surface area contributed by atoms with Gasteiger partial charge in [-0.1, -0.05) is 11.3 Å². The van der Waals surface area contributed by atoms with Gasteiger partial charge in [0.15, 0.2) is 11.5 Å². The Morgan fingerprint density at radius 3 is 2.60 bits per heavy atom. The molecular weight excluding hydrogens is 261 g/mol. The van der Waals surface area contributed by atoms with Gasteiger partial charge in [0.25, 0.3) is 0 Å². The fraction of sp³-hybridized carbons (Fsp3) is 0. The van der Waals surface area contributed by atoms with Crippen molar-refractivity contribution in [2.75, 3.05) is 0 Å². The van der Waals surface area contributed by atoms with Crippen LogP contribution in [0.4, 0.5) is 4.39 Å². The molecule has 2 aromatic carbocycles. The highest BCUT2D eigenvalue weighted by molar-refractivity contribution is 5.62. The lowest BCUT2D eigenvalue weighted by Crippen LogP contribution is -1.94. The van der Waals surface area contributed by atoms with E-state index in [1.807, 2.05) is 0 Å². The first kappa shape index (κ1) is 12.2. The second-order valence-corrected chi connectivity index (χ2v) is 4.23. The third kappa shape index (κ3) is 2.18. The molecule has 0 aliphatic heterocycles. The van der Waals surface area contributed by atoms with Gasteiger partial charge in [0.2, 0.25) is 0 Å². The molecule has 2 N–H and O–H groups in total. The van der Waals surface area contributed by atoms with Crippen LogP contribution in [0.1, 0.15) is 0 Å². The van der Waals surface area contributed by atoms with Gasteiger partial charge >= 0.3 is 0 Å². The van der Waals surface area contributed by atoms with Crippen molar-refractivity contribution in [1.82, 2.24) is 15.0 Å². The van der Waals surface area contributed by atoms with E-state index < -0.39 is 0 Å². The molecule has 0 saturated heterocycles. The summed E-state index contributed by atoms with van der Waals surface area (Å²) < 4.78 is 14.6. The fourth-order valence-corrected chi connectivity index (χ4v) is 1.82. The van der Waals surface area contributed by atoms with E-state index >= 15 is 0 Å². The third-order valence-corrected chi connectivity index (χ3v) is 2.84. The minimum Gasteiger partial charge on any atom is -0.504 e. The van der Waals surface area contributed by atoms with Crippen LogP contribution in [0.15, 0.2) is 48.7 Å². The summed E-state index contributed by atoms with van der Waals surface area (Å²) in [4.78, 5) is 0. The smallest absolute Gasteiger partial charge is 0.158 e. The first-order chi connectivity index (χ1) is 9.63. The zero-order valence-corrected chi connectivity index (χ0v) is 10.2. The molecule has 3 rings (SSSR count). The summed E-state index contributed by atoms with van der Waals surface area (Å²) in [5, 5.41) is 26.6. The topological polar surface area (TPSA) is 71.2 Å². The second kappa shape index (κ2) is 4.65. The quantitative estimate of drug-likeness (QED) is 0.702. The van der Waals surface area contributed by atoms with Gasteiger partial charge in [-0.2, -0.15) is 0 Å². The molecule has 0 spiro atoms. The molecule has 100 valence electrons. The number of aromatic nitrogens is 3. The predicted octanol–water partition coefficient (Wildman–Crippen LogP) is 2.48. The molecule has 20 heavy (non-hydrogen) atoms. The third-order valence-electron chi connectivity index (χ3n) is 2.84. The molecule has 0 aliphatic rings. The highest BCUT2D eigenvalue weighted by Gasteiger charge is 2.08. The minimum atomic E-state index is -0.359. The molecular formula is C14H10FN3O2. The highest BCUT2D eigenvalue weighted by atomic mass is 19.1. The van der Waals surface area contributed by atoms with Crippen LogP contribution in [0.3, 0.4) is 0 Å². The van der Waals surface area contributed by atoms with Crippen LogP contribution in [0.2, 0.25) is 0 Å². The Morgan fingerprint density at radius 2 is 1.85 bits per heavy atom. The Hall–Kier alpha value is -2.89. The van der Waals surface area contributed by atoms with E-state index in [0.717, 1.165) is 0 Å². The summed E-state index contributed by atoms with van der Waals surface area (Å²) in [5.41, 5.74) is 1.65. The van der Waals surface area contributed by atoms with E-state index in [4.69, 9.17) is 0 Å². The Bertz CT molecular complexity index is 771. The SMILES string of the molecule is Oc1ccc(-c2cn(-c3cccc(F)c3)nn2)cc1O. The van der Waals surface area contributed by atoms with Gasteiger partial charge in [-0.15, -0.1) is 5.10 Å². The zero-order valence-electron chi connectivity index (χ0n) is 10.2. The predicted molar refractivity (Wildman–Crippen MR) is 70.1 cm³/mol. The van der Waals surface area contributed by atoms with Gasteiger partial charge in [0.1, 0.15) is 11.5 Å². The van der Waals surface area contributed by atoms with Crippen molar-refractivity contribution < 1.29 is 14.6 Å². The monoisotopic (exact) mass is 271 g/mol. The molecule has 0 atom stereocenters. The van der Waals surface area contributed by atoms with Crippen LogP contribution in [0, 0.1) is 5.82 Å². The Labute approximate surface area is 113 Å². The number of rotatable bonds is 2. The van der Waals surface area contributed by atoms with E-state index in [-0.39, 0.29) is 17.3 Å². The average Bonchev–Trinajstić information content (AvgIpc) is 2.92. The van der Waals surface area contributed by atoms with Crippen molar-refractivity contribution in [1.29, 1.82) is 0 Å². The summed E-state index contributed by atoms with van der Waals surface area (Å²) in [6.45, 7) is 0. The van der Waals surface area contributed by atoms with Crippen LogP contribution >= 0.6 is 0 Å². The van der Waals surface area contributed by atoms with Gasteiger partial charge in [-0.25, -0.2) is 9.07 Å². The van der Waals surface area contributed by atoms with E-state index in [1.165, 1.54) is 28.9 Å². The molecule has 1 heterocycles. The van der Waals surface area contributed by atoms with Crippen molar-refractivity contribution in [3.05, 3.63) is 54.5 Å². The summed E-state index contributed by atoms with van der Waals surface area (Å²) in [6.07, 6.45) is 1.61. The molecule has 0 amide bonds. The molecule has 1 aromatic heterocycles. The molecule has 6 heteroatoms. The molecule has 0 saturated carbocycles. The number of nitrogens with zero attached hydrogens (tertiary/aromatic N) is 3. The first-order valence-electron chi connectivity index (χ1n) is 5.84. The fourth-order valence-electron chi connectivity index (χ4n) is 1.82. The van der Waals surface area contributed by atoms with E-state index in [1.54, 1.807) is 24.4 Å². The molecule has 5 nitrogen and oxygen atoms in total. The molecule has 0 fully saturated rings. The van der Waals surface area contributed by atoms with Crippen molar-refractivity contribution in [3.8, 4) is 28.4 Å². The number of phenols is 2. The summed E-state index contributed by atoms with van der Waals surface area (Å²) >= 11 is 0. The van der Waals surface area contributed by atoms with Crippen LogP contribution in [-0.4, -0.2) is 25.2 Å². The Kier molecular flexibility index (Phi) is 2.83. The van der Waals surface area contributed by atoms with E-state index in [9.17, 15) is 14.6 Å². The van der Waals surface area contributed by atoms with Crippen molar-refractivity contribution in [2.24, 2.45) is 0 Å². The maximum atomic E-state index is 13.2. The minimum absolute atomic E-state index is 0.203. The van der Waals surface area contributed by atoms with Gasteiger partial charge in [0, 0.05) is 5.56 Å². The first-order valence-corrected chi connectivity index (χ1v) is 5.84. The summed E-state index contributed by atoms with van der Waals surface area (Å²) in [6, 6.07) is 10.3. The van der Waals surface area contributed by atoms with Gasteiger partial charge in [-0.3, -0.25) is 0 Å². The van der Waals surface area contributed by atoms with Crippen LogP contribution in [0.25, 0.3) is 16.9 Å². The molecule has 0 aliphatic carbocycles. The molecule has 0 bridgehead atoms. The van der Waals surface area contributed by atoms with Gasteiger partial charge < -0.3 is 10.2 Å². The number of benzene rings is 2. The number of aromatic hydroxyl groups is 2. The lowest BCUT2D eigenvalue weighted by molar-refractivity contribution is 0.404. The highest BCUT2D eigenvalue weighted by Crippen LogP contribution is 2.29. The number of phenolic OH excluding ortho intramolecular Hbond substituents is 2. The standard InChI is InChI=1S/C14H10FN3O2/c15-10-2-1-3-11(7-10)18-8-12(16-17-18)9-4-5-13(19)14(20)6-9/h1-8,19-20H. The zero-order chi connectivity index (χ0) is 14.1. The summed E-state index contributed by atoms with van der Waals surface area (Å²) in [5.74, 6) is -0.795. The molecule has 0 radical (unpaired) electrons. The van der Waals surface area contributed by atoms with Crippen LogP contribution < -0.4 is 0 Å². The second-order valence-electron chi connectivity index (χ2n) is 4.23. The van der Waals surface area contributed by atoms with E-state index in [2.05, 4.69) is 10.3 Å². The molecule has 3 aromatic rings. The average molecular weight is 271 g/mol. The Balaban J connectivity index is 1.99. The summed E-state index contributed by atoms with van der Waals surface area (Å²) in [7, 11) is 0. The van der Waals surface area contributed by atoms with Crippen molar-refractivity contribution in [3.63, 3.8) is 0 Å². The number of hydrogen-bond acceptors (Lipinski definition) is 4. The number of hydrogen-bond donors (Lipinski definition) is 2. The van der Waals surface area contributed by atoms with Crippen molar-refractivity contribution in [2.45, 2.75) is 0 Å². The molecule has 0 unspecified atom stereocenters. The van der Waals surface area contributed by atoms with E-state index in [0.29, 0.717) is 16.9 Å². The van der Waals surface area contributed by atoms with Crippen LogP contribution in [0.5, 0.6) is 11.5 Å². The lowest BCUT2D eigenvalue weighted by atomic mass is 10.1. The lowest BCUT2D eigenvalue weighted by Gasteiger charge is -2.00. The van der Waals surface area contributed by atoms with Crippen molar-refractivity contribution >= 4 is 0 Å². The van der Waals surface area contributed by atoms with Crippen LogP contribution in [-0.2, 0) is 0 Å². The maximum absolute atomic E-state index is 13.2. The Morgan fingerprint density at radius 1 is 1.00 bits per heavy atom. The van der Waals surface area contributed by atoms with Gasteiger partial charge in [-0.05, 0) is 36.4 Å². The maximum Gasteiger partial charge on any atom is 0.158 e. The normalized spacial score (nSPS) is 10.7. The van der Waals surface area contributed by atoms with Gasteiger partial charge in [0.05, 0.1) is 11.9 Å².